The fourth-order valence-electron chi connectivity index (χ4n) is 3.07. The Labute approximate surface area is 162 Å². The molecule has 4 rings (SSSR count). The maximum absolute atomic E-state index is 12.4. The van der Waals surface area contributed by atoms with Crippen LogP contribution in [0.3, 0.4) is 0 Å². The van der Waals surface area contributed by atoms with Crippen molar-refractivity contribution >= 4 is 23.3 Å². The molecule has 0 spiro atoms. The highest BCUT2D eigenvalue weighted by molar-refractivity contribution is 7.13. The highest BCUT2D eigenvalue weighted by atomic mass is 32.1. The Morgan fingerprint density at radius 1 is 1.15 bits per heavy atom. The van der Waals surface area contributed by atoms with Gasteiger partial charge in [-0.25, -0.2) is 0 Å². The van der Waals surface area contributed by atoms with Crippen LogP contribution in [0.1, 0.15) is 11.1 Å². The van der Waals surface area contributed by atoms with E-state index < -0.39 is 0 Å². The van der Waals surface area contributed by atoms with Crippen LogP contribution in [0.15, 0.2) is 60.1 Å². The number of thiophene rings is 1. The molecule has 6 heteroatoms. The Bertz CT molecular complexity index is 910. The van der Waals surface area contributed by atoms with Gasteiger partial charge >= 0.3 is 0 Å². The minimum Gasteiger partial charge on any atom is -0.378 e. The standard InChI is InChI=1S/C21H21N3O2S/c25-20(23-10-12-26-13-11-23)9-8-18-16-24(15-17-5-2-1-3-6-17)22-21(18)19-7-4-14-27-19/h1-9,14,16H,10-13,15H2/b9-8+. The number of hydrogen-bond donors (Lipinski definition) is 0. The highest BCUT2D eigenvalue weighted by Gasteiger charge is 2.15. The minimum absolute atomic E-state index is 0.0197. The second-order valence-electron chi connectivity index (χ2n) is 6.36. The SMILES string of the molecule is O=C(/C=C/c1cn(Cc2ccccc2)nc1-c1cccs1)N1CCOCC1. The number of ether oxygens (including phenoxy) is 1. The first kappa shape index (κ1) is 17.7. The summed E-state index contributed by atoms with van der Waals surface area (Å²) in [5.41, 5.74) is 3.06. The molecule has 138 valence electrons. The third kappa shape index (κ3) is 4.35. The molecular weight excluding hydrogens is 358 g/mol. The lowest BCUT2D eigenvalue weighted by Crippen LogP contribution is -2.39. The van der Waals surface area contributed by atoms with Crippen LogP contribution in [-0.4, -0.2) is 46.9 Å². The quantitative estimate of drug-likeness (QED) is 0.637. The van der Waals surface area contributed by atoms with E-state index in [1.807, 2.05) is 51.5 Å². The summed E-state index contributed by atoms with van der Waals surface area (Å²) in [5, 5.41) is 6.81. The normalized spacial score (nSPS) is 14.7. The van der Waals surface area contributed by atoms with E-state index >= 15 is 0 Å². The second kappa shape index (κ2) is 8.33. The molecule has 1 aliphatic rings. The molecule has 0 unspecified atom stereocenters. The van der Waals surface area contributed by atoms with Crippen molar-refractivity contribution in [2.45, 2.75) is 6.54 Å². The second-order valence-corrected chi connectivity index (χ2v) is 7.31. The van der Waals surface area contributed by atoms with Crippen molar-refractivity contribution in [3.8, 4) is 10.6 Å². The Hall–Kier alpha value is -2.70. The van der Waals surface area contributed by atoms with Crippen molar-refractivity contribution in [1.29, 1.82) is 0 Å². The van der Waals surface area contributed by atoms with Gasteiger partial charge in [0, 0.05) is 30.9 Å². The monoisotopic (exact) mass is 379 g/mol. The number of carbonyl (C=O) groups excluding carboxylic acids is 1. The maximum Gasteiger partial charge on any atom is 0.246 e. The van der Waals surface area contributed by atoms with E-state index in [1.54, 1.807) is 17.4 Å². The van der Waals surface area contributed by atoms with Crippen LogP contribution < -0.4 is 0 Å². The number of amides is 1. The highest BCUT2D eigenvalue weighted by Crippen LogP contribution is 2.27. The van der Waals surface area contributed by atoms with Crippen molar-refractivity contribution < 1.29 is 9.53 Å². The van der Waals surface area contributed by atoms with Crippen LogP contribution in [0.5, 0.6) is 0 Å². The lowest BCUT2D eigenvalue weighted by atomic mass is 10.2. The molecule has 0 radical (unpaired) electrons. The number of benzene rings is 1. The molecule has 1 aliphatic heterocycles. The molecule has 0 aliphatic carbocycles. The van der Waals surface area contributed by atoms with E-state index in [0.29, 0.717) is 32.8 Å². The largest absolute Gasteiger partial charge is 0.378 e. The maximum atomic E-state index is 12.4. The van der Waals surface area contributed by atoms with Crippen molar-refractivity contribution in [1.82, 2.24) is 14.7 Å². The van der Waals surface area contributed by atoms with Gasteiger partial charge in [-0.15, -0.1) is 11.3 Å². The molecule has 27 heavy (non-hydrogen) atoms. The van der Waals surface area contributed by atoms with Gasteiger partial charge in [0.2, 0.25) is 5.91 Å². The van der Waals surface area contributed by atoms with E-state index in [-0.39, 0.29) is 5.91 Å². The number of nitrogens with zero attached hydrogens (tertiary/aromatic N) is 3. The summed E-state index contributed by atoms with van der Waals surface area (Å²) in [6, 6.07) is 14.3. The van der Waals surface area contributed by atoms with Gasteiger partial charge in [0.25, 0.3) is 0 Å². The van der Waals surface area contributed by atoms with Gasteiger partial charge < -0.3 is 9.64 Å². The molecular formula is C21H21N3O2S. The zero-order valence-corrected chi connectivity index (χ0v) is 15.8. The first-order valence-electron chi connectivity index (χ1n) is 8.99. The topological polar surface area (TPSA) is 47.4 Å². The van der Waals surface area contributed by atoms with E-state index in [0.717, 1.165) is 16.1 Å². The summed E-state index contributed by atoms with van der Waals surface area (Å²) in [6.07, 6.45) is 5.53. The molecule has 3 aromatic rings. The molecule has 1 amide bonds. The smallest absolute Gasteiger partial charge is 0.246 e. The molecule has 0 bridgehead atoms. The van der Waals surface area contributed by atoms with E-state index in [1.165, 1.54) is 5.56 Å². The van der Waals surface area contributed by atoms with Gasteiger partial charge in [0.1, 0.15) is 5.69 Å². The number of morpholine rings is 1. The molecule has 3 heterocycles. The Morgan fingerprint density at radius 3 is 2.70 bits per heavy atom. The first-order valence-corrected chi connectivity index (χ1v) is 9.87. The average molecular weight is 379 g/mol. The third-order valence-corrected chi connectivity index (χ3v) is 5.34. The van der Waals surface area contributed by atoms with Gasteiger partial charge in [0.15, 0.2) is 0 Å². The zero-order chi connectivity index (χ0) is 18.5. The van der Waals surface area contributed by atoms with Gasteiger partial charge in [-0.2, -0.15) is 5.10 Å². The molecule has 5 nitrogen and oxygen atoms in total. The van der Waals surface area contributed by atoms with Gasteiger partial charge in [-0.3, -0.25) is 9.48 Å². The van der Waals surface area contributed by atoms with Gasteiger partial charge in [-0.05, 0) is 23.1 Å². The molecule has 1 aromatic carbocycles. The summed E-state index contributed by atoms with van der Waals surface area (Å²) >= 11 is 1.65. The molecule has 1 fully saturated rings. The Kier molecular flexibility index (Phi) is 5.46. The fraction of sp³-hybridized carbons (Fsp3) is 0.238. The predicted octanol–water partition coefficient (Wildman–Crippen LogP) is 3.53. The molecule has 0 atom stereocenters. The van der Waals surface area contributed by atoms with Crippen LogP contribution in [0.4, 0.5) is 0 Å². The summed E-state index contributed by atoms with van der Waals surface area (Å²) < 4.78 is 7.24. The van der Waals surface area contributed by atoms with Crippen LogP contribution >= 0.6 is 11.3 Å². The minimum atomic E-state index is 0.0197. The Morgan fingerprint density at radius 2 is 1.96 bits per heavy atom. The van der Waals surface area contributed by atoms with E-state index in [2.05, 4.69) is 18.2 Å². The average Bonchev–Trinajstić information content (AvgIpc) is 3.37. The summed E-state index contributed by atoms with van der Waals surface area (Å²) in [6.45, 7) is 3.21. The number of carbonyl (C=O) groups is 1. The molecule has 0 saturated carbocycles. The van der Waals surface area contributed by atoms with Crippen LogP contribution in [-0.2, 0) is 16.1 Å². The van der Waals surface area contributed by atoms with Gasteiger partial charge in [-0.1, -0.05) is 36.4 Å². The third-order valence-electron chi connectivity index (χ3n) is 4.46. The number of hydrogen-bond acceptors (Lipinski definition) is 4. The van der Waals surface area contributed by atoms with E-state index in [4.69, 9.17) is 9.84 Å². The van der Waals surface area contributed by atoms with Crippen LogP contribution in [0, 0.1) is 0 Å². The first-order chi connectivity index (χ1) is 13.3. The zero-order valence-electron chi connectivity index (χ0n) is 15.0. The summed E-state index contributed by atoms with van der Waals surface area (Å²) in [4.78, 5) is 15.3. The van der Waals surface area contributed by atoms with Crippen molar-refractivity contribution in [3.05, 3.63) is 71.2 Å². The summed E-state index contributed by atoms with van der Waals surface area (Å²) in [5.74, 6) is 0.0197. The predicted molar refractivity (Wildman–Crippen MR) is 108 cm³/mol. The lowest BCUT2D eigenvalue weighted by molar-refractivity contribution is -0.129. The van der Waals surface area contributed by atoms with Crippen LogP contribution in [0.25, 0.3) is 16.6 Å². The van der Waals surface area contributed by atoms with Crippen molar-refractivity contribution in [2.24, 2.45) is 0 Å². The lowest BCUT2D eigenvalue weighted by Gasteiger charge is -2.25. The van der Waals surface area contributed by atoms with E-state index in [9.17, 15) is 4.79 Å². The number of aromatic nitrogens is 2. The Balaban J connectivity index is 1.58. The van der Waals surface area contributed by atoms with Gasteiger partial charge in [0.05, 0.1) is 24.6 Å². The molecule has 1 saturated heterocycles. The molecule has 0 N–H and O–H groups in total. The number of rotatable bonds is 5. The van der Waals surface area contributed by atoms with Crippen molar-refractivity contribution in [2.75, 3.05) is 26.3 Å². The fourth-order valence-corrected chi connectivity index (χ4v) is 3.80. The van der Waals surface area contributed by atoms with Crippen LogP contribution in [0.2, 0.25) is 0 Å². The van der Waals surface area contributed by atoms with Crippen molar-refractivity contribution in [3.63, 3.8) is 0 Å². The molecule has 2 aromatic heterocycles. The summed E-state index contributed by atoms with van der Waals surface area (Å²) in [7, 11) is 0.